The predicted molar refractivity (Wildman–Crippen MR) is 100 cm³/mol. The minimum atomic E-state index is 0.453. The van der Waals surface area contributed by atoms with Gasteiger partial charge in [0.15, 0.2) is 0 Å². The molecule has 3 atom stereocenters. The van der Waals surface area contributed by atoms with Gasteiger partial charge in [-0.25, -0.2) is 0 Å². The fourth-order valence-corrected chi connectivity index (χ4v) is 6.03. The van der Waals surface area contributed by atoms with Crippen molar-refractivity contribution in [3.05, 3.63) is 33.8 Å². The Kier molecular flexibility index (Phi) is 7.57. The second-order valence-corrected chi connectivity index (χ2v) is 8.95. The minimum Gasteiger partial charge on any atom is -0.313 e. The first-order chi connectivity index (χ1) is 10.1. The molecule has 0 bridgehead atoms. The third-order valence-corrected chi connectivity index (χ3v) is 7.87. The molecule has 1 heterocycles. The summed E-state index contributed by atoms with van der Waals surface area (Å²) >= 11 is 16.7. The molecule has 118 valence electrons. The van der Waals surface area contributed by atoms with Crippen molar-refractivity contribution >= 4 is 46.7 Å². The van der Waals surface area contributed by atoms with Crippen molar-refractivity contribution in [1.82, 2.24) is 5.32 Å². The van der Waals surface area contributed by atoms with Gasteiger partial charge in [0, 0.05) is 28.0 Å². The molecule has 1 aliphatic rings. The van der Waals surface area contributed by atoms with E-state index in [1.54, 1.807) is 0 Å². The molecule has 0 saturated carbocycles. The summed E-state index contributed by atoms with van der Waals surface area (Å²) in [4.78, 5) is 0. The fraction of sp³-hybridized carbons (Fsp3) is 0.625. The first-order valence-electron chi connectivity index (χ1n) is 7.53. The van der Waals surface area contributed by atoms with Gasteiger partial charge in [-0.1, -0.05) is 49.2 Å². The minimum absolute atomic E-state index is 0.453. The van der Waals surface area contributed by atoms with E-state index in [9.17, 15) is 0 Å². The zero-order valence-corrected chi connectivity index (χ0v) is 15.7. The molecule has 3 unspecified atom stereocenters. The van der Waals surface area contributed by atoms with Gasteiger partial charge >= 0.3 is 0 Å². The van der Waals surface area contributed by atoms with Crippen molar-refractivity contribution in [2.45, 2.75) is 43.2 Å². The molecule has 2 rings (SSSR count). The van der Waals surface area contributed by atoms with Gasteiger partial charge in [-0.15, -0.1) is 0 Å². The Bertz CT molecular complexity index is 456. The molecule has 1 aliphatic heterocycles. The number of hydrogen-bond donors (Lipinski definition) is 1. The lowest BCUT2D eigenvalue weighted by Crippen LogP contribution is -2.46. The topological polar surface area (TPSA) is 12.0 Å². The van der Waals surface area contributed by atoms with E-state index in [1.165, 1.54) is 11.5 Å². The third kappa shape index (κ3) is 4.97. The number of rotatable bonds is 6. The second kappa shape index (κ2) is 8.93. The molecule has 1 aromatic rings. The molecular weight excluding hydrogens is 341 g/mol. The Morgan fingerprint density at radius 1 is 1.29 bits per heavy atom. The van der Waals surface area contributed by atoms with Gasteiger partial charge in [-0.05, 0) is 31.0 Å². The second-order valence-electron chi connectivity index (χ2n) is 5.39. The lowest BCUT2D eigenvalue weighted by molar-refractivity contribution is 0.487. The largest absolute Gasteiger partial charge is 0.313 e. The molecule has 1 fully saturated rings. The molecular formula is C16H23Cl2NS2. The van der Waals surface area contributed by atoms with Crippen LogP contribution in [0.25, 0.3) is 0 Å². The highest BCUT2D eigenvalue weighted by atomic mass is 35.5. The summed E-state index contributed by atoms with van der Waals surface area (Å²) in [5.74, 6) is 2.51. The molecule has 0 aliphatic carbocycles. The van der Waals surface area contributed by atoms with Crippen molar-refractivity contribution in [3.63, 3.8) is 0 Å². The van der Waals surface area contributed by atoms with Crippen LogP contribution in [0.5, 0.6) is 0 Å². The molecule has 1 aromatic carbocycles. The number of nitrogens with one attached hydrogen (secondary N) is 1. The Hall–Kier alpha value is 0.460. The molecule has 1 N–H and O–H groups in total. The smallest absolute Gasteiger partial charge is 0.0624 e. The number of thioether (sulfide) groups is 2. The summed E-state index contributed by atoms with van der Waals surface area (Å²) in [6, 6.07) is 6.40. The van der Waals surface area contributed by atoms with E-state index in [0.717, 1.165) is 24.9 Å². The third-order valence-electron chi connectivity index (χ3n) is 3.76. The maximum absolute atomic E-state index is 6.37. The van der Waals surface area contributed by atoms with E-state index in [4.69, 9.17) is 23.2 Å². The normalized spacial score (nSPS) is 24.0. The van der Waals surface area contributed by atoms with Gasteiger partial charge in [0.2, 0.25) is 0 Å². The van der Waals surface area contributed by atoms with Gasteiger partial charge in [0.05, 0.1) is 10.0 Å². The maximum Gasteiger partial charge on any atom is 0.0624 e. The molecule has 0 radical (unpaired) electrons. The highest BCUT2D eigenvalue weighted by molar-refractivity contribution is 8.07. The number of halogens is 2. The SMILES string of the molecule is CCCNC(Cc1cccc(Cl)c1Cl)C1SCCSC1C. The van der Waals surface area contributed by atoms with E-state index in [2.05, 4.69) is 48.8 Å². The van der Waals surface area contributed by atoms with Crippen molar-refractivity contribution in [3.8, 4) is 0 Å². The van der Waals surface area contributed by atoms with Gasteiger partial charge in [-0.3, -0.25) is 0 Å². The Balaban J connectivity index is 2.13. The lowest BCUT2D eigenvalue weighted by atomic mass is 10.0. The molecule has 0 amide bonds. The monoisotopic (exact) mass is 363 g/mol. The summed E-state index contributed by atoms with van der Waals surface area (Å²) in [5.41, 5.74) is 1.15. The molecule has 0 spiro atoms. The standard InChI is InChI=1S/C16H23Cl2NS2/c1-3-7-19-14(16-11(2)20-8-9-21-16)10-12-5-4-6-13(17)15(12)18/h4-6,11,14,16,19H,3,7-10H2,1-2H3. The van der Waals surface area contributed by atoms with Gasteiger partial charge in [0.1, 0.15) is 0 Å². The highest BCUT2D eigenvalue weighted by Crippen LogP contribution is 2.35. The van der Waals surface area contributed by atoms with Crippen LogP contribution in [-0.2, 0) is 6.42 Å². The maximum atomic E-state index is 6.37. The molecule has 21 heavy (non-hydrogen) atoms. The Morgan fingerprint density at radius 3 is 2.76 bits per heavy atom. The van der Waals surface area contributed by atoms with Crippen molar-refractivity contribution in [2.24, 2.45) is 0 Å². The van der Waals surface area contributed by atoms with Crippen LogP contribution in [0.4, 0.5) is 0 Å². The van der Waals surface area contributed by atoms with E-state index in [-0.39, 0.29) is 0 Å². The van der Waals surface area contributed by atoms with Crippen LogP contribution in [-0.4, -0.2) is 34.6 Å². The van der Waals surface area contributed by atoms with Gasteiger partial charge in [-0.2, -0.15) is 23.5 Å². The first kappa shape index (κ1) is 17.8. The average molecular weight is 364 g/mol. The van der Waals surface area contributed by atoms with E-state index in [1.807, 2.05) is 12.1 Å². The zero-order chi connectivity index (χ0) is 15.2. The van der Waals surface area contributed by atoms with Crippen molar-refractivity contribution in [2.75, 3.05) is 18.1 Å². The van der Waals surface area contributed by atoms with E-state index < -0.39 is 0 Å². The molecule has 0 aromatic heterocycles. The van der Waals surface area contributed by atoms with Crippen LogP contribution in [0.1, 0.15) is 25.8 Å². The molecule has 5 heteroatoms. The average Bonchev–Trinajstić information content (AvgIpc) is 2.48. The van der Waals surface area contributed by atoms with Gasteiger partial charge < -0.3 is 5.32 Å². The summed E-state index contributed by atoms with van der Waals surface area (Å²) in [5, 5.41) is 6.40. The predicted octanol–water partition coefficient (Wildman–Crippen LogP) is 5.14. The number of benzene rings is 1. The molecule has 1 nitrogen and oxygen atoms in total. The van der Waals surface area contributed by atoms with Gasteiger partial charge in [0.25, 0.3) is 0 Å². The van der Waals surface area contributed by atoms with Crippen LogP contribution in [0, 0.1) is 0 Å². The van der Waals surface area contributed by atoms with Crippen LogP contribution in [0.15, 0.2) is 18.2 Å². The number of hydrogen-bond acceptors (Lipinski definition) is 3. The van der Waals surface area contributed by atoms with Crippen LogP contribution in [0.2, 0.25) is 10.0 Å². The summed E-state index contributed by atoms with van der Waals surface area (Å²) in [6.45, 7) is 5.61. The quantitative estimate of drug-likeness (QED) is 0.751. The zero-order valence-electron chi connectivity index (χ0n) is 12.6. The van der Waals surface area contributed by atoms with Crippen LogP contribution < -0.4 is 5.32 Å². The lowest BCUT2D eigenvalue weighted by Gasteiger charge is -2.35. The fourth-order valence-electron chi connectivity index (χ4n) is 2.67. The molecule has 1 saturated heterocycles. The Labute approximate surface area is 146 Å². The Morgan fingerprint density at radius 2 is 2.05 bits per heavy atom. The van der Waals surface area contributed by atoms with Crippen LogP contribution in [0.3, 0.4) is 0 Å². The van der Waals surface area contributed by atoms with Crippen molar-refractivity contribution < 1.29 is 0 Å². The highest BCUT2D eigenvalue weighted by Gasteiger charge is 2.30. The summed E-state index contributed by atoms with van der Waals surface area (Å²) in [6.07, 6.45) is 2.10. The summed E-state index contributed by atoms with van der Waals surface area (Å²) < 4.78 is 0. The van der Waals surface area contributed by atoms with E-state index in [0.29, 0.717) is 26.6 Å². The first-order valence-corrected chi connectivity index (χ1v) is 10.4. The van der Waals surface area contributed by atoms with Crippen molar-refractivity contribution in [1.29, 1.82) is 0 Å². The van der Waals surface area contributed by atoms with E-state index >= 15 is 0 Å². The summed E-state index contributed by atoms with van der Waals surface area (Å²) in [7, 11) is 0. The van der Waals surface area contributed by atoms with Crippen LogP contribution >= 0.6 is 46.7 Å².